The summed E-state index contributed by atoms with van der Waals surface area (Å²) in [6.45, 7) is 0.931. The van der Waals surface area contributed by atoms with Crippen LogP contribution in [0.4, 0.5) is 0 Å². The summed E-state index contributed by atoms with van der Waals surface area (Å²) in [4.78, 5) is 10.6. The lowest BCUT2D eigenvalue weighted by Crippen LogP contribution is -2.27. The molecule has 0 aromatic rings. The third-order valence-corrected chi connectivity index (χ3v) is 6.76. The van der Waals surface area contributed by atoms with E-state index >= 15 is 0 Å². The van der Waals surface area contributed by atoms with Crippen LogP contribution in [0.5, 0.6) is 0 Å². The highest BCUT2D eigenvalue weighted by molar-refractivity contribution is 5.66. The van der Waals surface area contributed by atoms with E-state index in [9.17, 15) is 4.79 Å². The molecule has 154 valence electrons. The summed E-state index contributed by atoms with van der Waals surface area (Å²) in [6.07, 6.45) is 21.7. The molecule has 0 unspecified atom stereocenters. The zero-order valence-electron chi connectivity index (χ0n) is 16.8. The lowest BCUT2D eigenvalue weighted by molar-refractivity contribution is -0.137. The molecule has 27 heavy (non-hydrogen) atoms. The molecule has 4 heteroatoms. The first-order valence-corrected chi connectivity index (χ1v) is 11.4. The van der Waals surface area contributed by atoms with Crippen LogP contribution in [0.3, 0.4) is 0 Å². The van der Waals surface area contributed by atoms with Gasteiger partial charge in [-0.15, -0.1) is 0 Å². The van der Waals surface area contributed by atoms with Crippen LogP contribution in [0.25, 0.3) is 0 Å². The average Bonchev–Trinajstić information content (AvgIpc) is 3.27. The number of carboxylic acids is 1. The Hall–Kier alpha value is -0.870. The predicted molar refractivity (Wildman–Crippen MR) is 107 cm³/mol. The summed E-state index contributed by atoms with van der Waals surface area (Å²) in [6, 6.07) is 0. The van der Waals surface area contributed by atoms with Crippen LogP contribution in [0.15, 0.2) is 12.2 Å². The molecule has 2 heterocycles. The van der Waals surface area contributed by atoms with Gasteiger partial charge in [-0.25, -0.2) is 0 Å². The number of rotatable bonds is 12. The number of unbranched alkanes of at least 4 members (excludes halogenated alkanes) is 2. The molecule has 0 amide bonds. The van der Waals surface area contributed by atoms with Crippen molar-refractivity contribution in [2.75, 3.05) is 6.61 Å². The molecule has 4 atom stereocenters. The normalized spacial score (nSPS) is 31.1. The maximum Gasteiger partial charge on any atom is 0.303 e. The van der Waals surface area contributed by atoms with E-state index < -0.39 is 5.97 Å². The largest absolute Gasteiger partial charge is 0.481 e. The average molecular weight is 379 g/mol. The molecular weight excluding hydrogens is 340 g/mol. The Morgan fingerprint density at radius 3 is 2.52 bits per heavy atom. The van der Waals surface area contributed by atoms with Gasteiger partial charge in [-0.3, -0.25) is 4.79 Å². The number of aliphatic carboxylic acids is 1. The van der Waals surface area contributed by atoms with Gasteiger partial charge < -0.3 is 14.6 Å². The van der Waals surface area contributed by atoms with E-state index in [2.05, 4.69) is 12.2 Å². The lowest BCUT2D eigenvalue weighted by atomic mass is 9.75. The summed E-state index contributed by atoms with van der Waals surface area (Å²) < 4.78 is 12.3. The van der Waals surface area contributed by atoms with Crippen molar-refractivity contribution < 1.29 is 19.4 Å². The molecule has 3 rings (SSSR count). The zero-order valence-corrected chi connectivity index (χ0v) is 16.8. The van der Waals surface area contributed by atoms with Gasteiger partial charge in [0, 0.05) is 13.0 Å². The van der Waals surface area contributed by atoms with E-state index in [0.717, 1.165) is 25.9 Å². The number of allylic oxidation sites excluding steroid dienone is 2. The van der Waals surface area contributed by atoms with Crippen molar-refractivity contribution in [1.29, 1.82) is 0 Å². The van der Waals surface area contributed by atoms with Gasteiger partial charge in [0.05, 0.1) is 18.3 Å². The van der Waals surface area contributed by atoms with Crippen LogP contribution >= 0.6 is 0 Å². The molecule has 2 aliphatic heterocycles. The first kappa shape index (κ1) is 20.9. The van der Waals surface area contributed by atoms with E-state index in [0.29, 0.717) is 30.1 Å². The minimum atomic E-state index is -0.697. The van der Waals surface area contributed by atoms with Gasteiger partial charge in [0.15, 0.2) is 0 Å². The maximum absolute atomic E-state index is 10.6. The van der Waals surface area contributed by atoms with E-state index in [1.807, 2.05) is 0 Å². The predicted octanol–water partition coefficient (Wildman–Crippen LogP) is 5.50. The first-order valence-electron chi connectivity index (χ1n) is 11.4. The van der Waals surface area contributed by atoms with Crippen molar-refractivity contribution in [1.82, 2.24) is 0 Å². The van der Waals surface area contributed by atoms with Crippen LogP contribution in [-0.2, 0) is 14.3 Å². The number of fused-ring (bicyclic) bond motifs is 2. The summed E-state index contributed by atoms with van der Waals surface area (Å²) >= 11 is 0. The number of hydrogen-bond acceptors (Lipinski definition) is 3. The van der Waals surface area contributed by atoms with Crippen molar-refractivity contribution in [3.05, 3.63) is 12.2 Å². The van der Waals surface area contributed by atoms with E-state index in [-0.39, 0.29) is 6.42 Å². The van der Waals surface area contributed by atoms with Gasteiger partial charge in [0.25, 0.3) is 0 Å². The number of ether oxygens (including phenoxy) is 2. The highest BCUT2D eigenvalue weighted by Crippen LogP contribution is 2.47. The van der Waals surface area contributed by atoms with Crippen molar-refractivity contribution >= 4 is 5.97 Å². The SMILES string of the molecule is O=C(O)CCC/C=C\C[C@@H]1[C@H](CCCCOC2CCCCC2)[C@@H]2CC[C@H]1O2. The monoisotopic (exact) mass is 378 g/mol. The second-order valence-electron chi connectivity index (χ2n) is 8.74. The Morgan fingerprint density at radius 1 is 0.963 bits per heavy atom. The summed E-state index contributed by atoms with van der Waals surface area (Å²) in [7, 11) is 0. The van der Waals surface area contributed by atoms with E-state index in [4.69, 9.17) is 14.6 Å². The van der Waals surface area contributed by atoms with Crippen LogP contribution < -0.4 is 0 Å². The van der Waals surface area contributed by atoms with E-state index in [1.54, 1.807) is 0 Å². The smallest absolute Gasteiger partial charge is 0.303 e. The van der Waals surface area contributed by atoms with E-state index in [1.165, 1.54) is 64.2 Å². The molecule has 3 fully saturated rings. The van der Waals surface area contributed by atoms with Crippen LogP contribution in [-0.4, -0.2) is 36.0 Å². The van der Waals surface area contributed by atoms with Gasteiger partial charge in [0.2, 0.25) is 0 Å². The van der Waals surface area contributed by atoms with Crippen molar-refractivity contribution in [2.45, 2.75) is 108 Å². The molecule has 0 aromatic heterocycles. The Balaban J connectivity index is 1.31. The molecule has 0 aromatic carbocycles. The molecule has 4 nitrogen and oxygen atoms in total. The summed E-state index contributed by atoms with van der Waals surface area (Å²) in [5.41, 5.74) is 0. The van der Waals surface area contributed by atoms with Crippen LogP contribution in [0, 0.1) is 11.8 Å². The Bertz CT molecular complexity index is 469. The molecule has 0 radical (unpaired) electrons. The third-order valence-electron chi connectivity index (χ3n) is 6.76. The Morgan fingerprint density at radius 2 is 1.74 bits per heavy atom. The molecule has 2 bridgehead atoms. The quantitative estimate of drug-likeness (QED) is 0.360. The minimum absolute atomic E-state index is 0.271. The van der Waals surface area contributed by atoms with Gasteiger partial charge >= 0.3 is 5.97 Å². The number of carboxylic acid groups (broad SMARTS) is 1. The van der Waals surface area contributed by atoms with Crippen molar-refractivity contribution in [3.63, 3.8) is 0 Å². The van der Waals surface area contributed by atoms with Crippen LogP contribution in [0.2, 0.25) is 0 Å². The van der Waals surface area contributed by atoms with Crippen molar-refractivity contribution in [2.24, 2.45) is 11.8 Å². The number of hydrogen-bond donors (Lipinski definition) is 1. The molecule has 1 saturated carbocycles. The standard InChI is InChI=1S/C23H38O4/c24-23(25)14-7-2-1-6-12-19-20(22-16-15-21(19)27-22)13-8-9-17-26-18-10-4-3-5-11-18/h1,6,18-22H,2-5,7-17H2,(H,24,25)/b6-1-/t19-,20+,21-,22+/m1/s1. The highest BCUT2D eigenvalue weighted by atomic mass is 16.5. The fourth-order valence-corrected chi connectivity index (χ4v) is 5.30. The fourth-order valence-electron chi connectivity index (χ4n) is 5.30. The Kier molecular flexibility index (Phi) is 8.66. The molecule has 3 aliphatic rings. The van der Waals surface area contributed by atoms with Crippen LogP contribution in [0.1, 0.15) is 89.9 Å². The molecular formula is C23H38O4. The second kappa shape index (κ2) is 11.2. The second-order valence-corrected chi connectivity index (χ2v) is 8.74. The minimum Gasteiger partial charge on any atom is -0.481 e. The van der Waals surface area contributed by atoms with Gasteiger partial charge in [-0.2, -0.15) is 0 Å². The highest BCUT2D eigenvalue weighted by Gasteiger charge is 2.47. The molecule has 0 spiro atoms. The first-order chi connectivity index (χ1) is 13.2. The molecule has 1 aliphatic carbocycles. The van der Waals surface area contributed by atoms with Gasteiger partial charge in [-0.1, -0.05) is 37.8 Å². The summed E-state index contributed by atoms with van der Waals surface area (Å²) in [5, 5.41) is 8.69. The molecule has 1 N–H and O–H groups in total. The maximum atomic E-state index is 10.6. The summed E-state index contributed by atoms with van der Waals surface area (Å²) in [5.74, 6) is 0.679. The fraction of sp³-hybridized carbons (Fsp3) is 0.870. The zero-order chi connectivity index (χ0) is 18.9. The topological polar surface area (TPSA) is 55.8 Å². The lowest BCUT2D eigenvalue weighted by Gasteiger charge is -2.27. The Labute approximate surface area is 164 Å². The number of carbonyl (C=O) groups is 1. The van der Waals surface area contributed by atoms with Gasteiger partial charge in [0.1, 0.15) is 0 Å². The molecule has 2 saturated heterocycles. The third kappa shape index (κ3) is 6.60. The van der Waals surface area contributed by atoms with Crippen molar-refractivity contribution in [3.8, 4) is 0 Å². The van der Waals surface area contributed by atoms with Gasteiger partial charge in [-0.05, 0) is 69.6 Å².